The Hall–Kier alpha value is -4.58. The summed E-state index contributed by atoms with van der Waals surface area (Å²) in [5.74, 6) is -0.915. The second kappa shape index (κ2) is 10.1. The van der Waals surface area contributed by atoms with Gasteiger partial charge < -0.3 is 14.7 Å². The zero-order chi connectivity index (χ0) is 27.0. The number of benzene rings is 4. The Bertz CT molecular complexity index is 1530. The molecule has 1 unspecified atom stereocenters. The lowest BCUT2D eigenvalue weighted by atomic mass is 9.93. The van der Waals surface area contributed by atoms with E-state index in [0.717, 1.165) is 16.5 Å². The molecule has 4 aromatic rings. The van der Waals surface area contributed by atoms with E-state index in [4.69, 9.17) is 4.74 Å². The van der Waals surface area contributed by atoms with Crippen molar-refractivity contribution in [1.82, 2.24) is 0 Å². The van der Waals surface area contributed by atoms with E-state index in [1.165, 1.54) is 4.90 Å². The van der Waals surface area contributed by atoms with Crippen molar-refractivity contribution in [3.05, 3.63) is 108 Å². The molecule has 1 saturated heterocycles. The first-order valence-electron chi connectivity index (χ1n) is 12.6. The maximum absolute atomic E-state index is 13.6. The van der Waals surface area contributed by atoms with Crippen LogP contribution >= 0.6 is 0 Å². The van der Waals surface area contributed by atoms with Crippen LogP contribution in [0.25, 0.3) is 16.5 Å². The van der Waals surface area contributed by atoms with Crippen LogP contribution in [0.2, 0.25) is 0 Å². The van der Waals surface area contributed by atoms with Crippen LogP contribution in [0.4, 0.5) is 11.4 Å². The van der Waals surface area contributed by atoms with Gasteiger partial charge in [-0.15, -0.1) is 0 Å². The average molecular weight is 507 g/mol. The summed E-state index contributed by atoms with van der Waals surface area (Å²) in [6, 6.07) is 27.1. The van der Waals surface area contributed by atoms with Crippen molar-refractivity contribution in [3.8, 4) is 5.75 Å². The molecule has 192 valence electrons. The van der Waals surface area contributed by atoms with Gasteiger partial charge in [0.25, 0.3) is 11.7 Å². The fourth-order valence-electron chi connectivity index (χ4n) is 4.90. The van der Waals surface area contributed by atoms with Crippen molar-refractivity contribution in [2.75, 3.05) is 23.9 Å². The molecule has 38 heavy (non-hydrogen) atoms. The van der Waals surface area contributed by atoms with E-state index in [0.29, 0.717) is 22.6 Å². The number of ketones is 1. The monoisotopic (exact) mass is 506 g/mol. The molecule has 1 heterocycles. The van der Waals surface area contributed by atoms with Crippen LogP contribution in [0.1, 0.15) is 31.0 Å². The van der Waals surface area contributed by atoms with Gasteiger partial charge >= 0.3 is 0 Å². The second-order valence-corrected chi connectivity index (χ2v) is 9.84. The van der Waals surface area contributed by atoms with Gasteiger partial charge in [0, 0.05) is 31.0 Å². The molecule has 1 amide bonds. The van der Waals surface area contributed by atoms with Gasteiger partial charge in [0.05, 0.1) is 17.7 Å². The average Bonchev–Trinajstić information content (AvgIpc) is 3.18. The number of aliphatic hydroxyl groups is 1. The predicted molar refractivity (Wildman–Crippen MR) is 152 cm³/mol. The summed E-state index contributed by atoms with van der Waals surface area (Å²) < 4.78 is 5.80. The molecule has 0 spiro atoms. The molecular weight excluding hydrogens is 476 g/mol. The highest BCUT2D eigenvalue weighted by molar-refractivity contribution is 6.51. The number of carbonyl (C=O) groups excluding carboxylic acids is 2. The molecule has 1 fully saturated rings. The Morgan fingerprint density at radius 1 is 0.868 bits per heavy atom. The number of carbonyl (C=O) groups is 2. The second-order valence-electron chi connectivity index (χ2n) is 9.84. The summed E-state index contributed by atoms with van der Waals surface area (Å²) in [5, 5.41) is 13.4. The van der Waals surface area contributed by atoms with Crippen molar-refractivity contribution in [2.45, 2.75) is 26.0 Å². The smallest absolute Gasteiger partial charge is 0.300 e. The molecule has 1 N–H and O–H groups in total. The van der Waals surface area contributed by atoms with Gasteiger partial charge in [0.1, 0.15) is 11.5 Å². The third kappa shape index (κ3) is 4.50. The Balaban J connectivity index is 1.70. The molecule has 6 heteroatoms. The lowest BCUT2D eigenvalue weighted by Crippen LogP contribution is -2.29. The highest BCUT2D eigenvalue weighted by Crippen LogP contribution is 2.43. The quantitative estimate of drug-likeness (QED) is 0.188. The maximum atomic E-state index is 13.6. The number of anilines is 2. The first-order valence-corrected chi connectivity index (χ1v) is 12.6. The number of hydrogen-bond donors (Lipinski definition) is 1. The topological polar surface area (TPSA) is 70.1 Å². The summed E-state index contributed by atoms with van der Waals surface area (Å²) in [6.45, 7) is 3.90. The fourth-order valence-corrected chi connectivity index (χ4v) is 4.90. The van der Waals surface area contributed by atoms with Crippen molar-refractivity contribution in [2.24, 2.45) is 0 Å². The molecule has 1 atom stereocenters. The maximum Gasteiger partial charge on any atom is 0.300 e. The van der Waals surface area contributed by atoms with Crippen molar-refractivity contribution in [1.29, 1.82) is 0 Å². The first kappa shape index (κ1) is 25.1. The third-order valence-corrected chi connectivity index (χ3v) is 6.70. The number of aliphatic hydroxyl groups excluding tert-OH is 1. The Morgan fingerprint density at radius 3 is 2.18 bits per heavy atom. The molecule has 0 bridgehead atoms. The number of amides is 1. The molecule has 4 aromatic carbocycles. The first-order chi connectivity index (χ1) is 18.3. The summed E-state index contributed by atoms with van der Waals surface area (Å²) in [4.78, 5) is 30.5. The van der Waals surface area contributed by atoms with Crippen molar-refractivity contribution in [3.63, 3.8) is 0 Å². The minimum atomic E-state index is -0.813. The van der Waals surface area contributed by atoms with E-state index < -0.39 is 17.7 Å². The lowest BCUT2D eigenvalue weighted by Gasteiger charge is -2.26. The van der Waals surface area contributed by atoms with E-state index in [2.05, 4.69) is 0 Å². The minimum absolute atomic E-state index is 0.00746. The van der Waals surface area contributed by atoms with Gasteiger partial charge in [-0.1, -0.05) is 54.6 Å². The fraction of sp³-hybridized carbons (Fsp3) is 0.188. The van der Waals surface area contributed by atoms with E-state index in [1.807, 2.05) is 118 Å². The number of rotatable bonds is 6. The Morgan fingerprint density at radius 2 is 1.53 bits per heavy atom. The van der Waals surface area contributed by atoms with Crippen LogP contribution in [0.3, 0.4) is 0 Å². The minimum Gasteiger partial charge on any atom is -0.507 e. The third-order valence-electron chi connectivity index (χ3n) is 6.70. The molecule has 0 radical (unpaired) electrons. The van der Waals surface area contributed by atoms with Crippen LogP contribution in [0.5, 0.6) is 5.75 Å². The van der Waals surface area contributed by atoms with Crippen molar-refractivity contribution < 1.29 is 19.4 Å². The van der Waals surface area contributed by atoms with E-state index in [9.17, 15) is 14.7 Å². The summed E-state index contributed by atoms with van der Waals surface area (Å²) in [7, 11) is 3.87. The standard InChI is InChI=1S/C32H30N2O4/c1-20(2)38-25-18-12-22(13-19-25)29-28(30(35)27-11-7-9-21-8-5-6-10-26(21)27)31(36)32(37)34(29)24-16-14-23(15-17-24)33(3)4/h5-20,29,35H,1-4H3/b30-28-. The van der Waals surface area contributed by atoms with Gasteiger partial charge in [-0.3, -0.25) is 14.5 Å². The van der Waals surface area contributed by atoms with Gasteiger partial charge in [-0.2, -0.15) is 0 Å². The molecule has 6 nitrogen and oxygen atoms in total. The van der Waals surface area contributed by atoms with Crippen LogP contribution in [-0.4, -0.2) is 37.0 Å². The zero-order valence-corrected chi connectivity index (χ0v) is 21.9. The van der Waals surface area contributed by atoms with Crippen LogP contribution in [-0.2, 0) is 9.59 Å². The number of ether oxygens (including phenoxy) is 1. The molecule has 0 saturated carbocycles. The molecular formula is C32H30N2O4. The molecule has 0 aromatic heterocycles. The van der Waals surface area contributed by atoms with Crippen LogP contribution in [0, 0.1) is 0 Å². The molecule has 0 aliphatic carbocycles. The lowest BCUT2D eigenvalue weighted by molar-refractivity contribution is -0.132. The molecule has 1 aliphatic heterocycles. The van der Waals surface area contributed by atoms with E-state index >= 15 is 0 Å². The Labute approximate surface area is 222 Å². The normalized spacial score (nSPS) is 16.9. The number of Topliss-reactive ketones (excluding diaryl/α,β-unsaturated/α-hetero) is 1. The van der Waals surface area contributed by atoms with Gasteiger partial charge in [-0.05, 0) is 66.6 Å². The molecule has 1 aliphatic rings. The van der Waals surface area contributed by atoms with Gasteiger partial charge in [-0.25, -0.2) is 0 Å². The largest absolute Gasteiger partial charge is 0.507 e. The number of hydrogen-bond acceptors (Lipinski definition) is 5. The SMILES string of the molecule is CC(C)Oc1ccc(C2/C(=C(/O)c3cccc4ccccc34)C(=O)C(=O)N2c2ccc(N(C)C)cc2)cc1. The highest BCUT2D eigenvalue weighted by atomic mass is 16.5. The molecule has 5 rings (SSSR count). The predicted octanol–water partition coefficient (Wildman–Crippen LogP) is 6.32. The van der Waals surface area contributed by atoms with Gasteiger partial charge in [0.2, 0.25) is 0 Å². The number of nitrogens with zero attached hydrogens (tertiary/aromatic N) is 2. The van der Waals surface area contributed by atoms with Crippen LogP contribution < -0.4 is 14.5 Å². The van der Waals surface area contributed by atoms with Crippen LogP contribution in [0.15, 0.2) is 96.6 Å². The van der Waals surface area contributed by atoms with E-state index in [1.54, 1.807) is 6.07 Å². The summed E-state index contributed by atoms with van der Waals surface area (Å²) in [5.41, 5.74) is 2.79. The Kier molecular flexibility index (Phi) is 6.64. The van der Waals surface area contributed by atoms with Gasteiger partial charge in [0.15, 0.2) is 0 Å². The summed E-state index contributed by atoms with van der Waals surface area (Å²) in [6.07, 6.45) is 0.00746. The van der Waals surface area contributed by atoms with E-state index in [-0.39, 0.29) is 17.4 Å². The highest BCUT2D eigenvalue weighted by Gasteiger charge is 2.47. The number of fused-ring (bicyclic) bond motifs is 1. The zero-order valence-electron chi connectivity index (χ0n) is 21.9. The summed E-state index contributed by atoms with van der Waals surface area (Å²) >= 11 is 0. The van der Waals surface area contributed by atoms with Crippen molar-refractivity contribution >= 4 is 39.6 Å².